The molecular formula is C12H23NO2. The van der Waals surface area contributed by atoms with Gasteiger partial charge < -0.3 is 10.0 Å². The van der Waals surface area contributed by atoms with Crippen molar-refractivity contribution in [2.24, 2.45) is 11.3 Å². The zero-order valence-electron chi connectivity index (χ0n) is 10.3. The van der Waals surface area contributed by atoms with E-state index >= 15 is 0 Å². The Hall–Kier alpha value is -0.570. The number of hydrogen-bond acceptors (Lipinski definition) is 2. The summed E-state index contributed by atoms with van der Waals surface area (Å²) < 4.78 is 0. The van der Waals surface area contributed by atoms with Crippen LogP contribution in [0.4, 0.5) is 0 Å². The van der Waals surface area contributed by atoms with E-state index in [1.807, 2.05) is 0 Å². The molecule has 0 bridgehead atoms. The highest BCUT2D eigenvalue weighted by atomic mass is 16.3. The molecule has 0 spiro atoms. The number of likely N-dealkylation sites (tertiary alicyclic amines) is 1. The lowest BCUT2D eigenvalue weighted by Gasteiger charge is -2.28. The minimum atomic E-state index is -0.307. The van der Waals surface area contributed by atoms with Gasteiger partial charge in [-0.05, 0) is 17.8 Å². The monoisotopic (exact) mass is 213 g/mol. The number of aliphatic hydroxyl groups is 1. The Morgan fingerprint density at radius 3 is 2.53 bits per heavy atom. The third-order valence-corrected chi connectivity index (χ3v) is 3.48. The van der Waals surface area contributed by atoms with Crippen molar-refractivity contribution in [1.29, 1.82) is 0 Å². The fourth-order valence-corrected chi connectivity index (χ4v) is 1.67. The normalized spacial score (nSPS) is 24.3. The Morgan fingerprint density at radius 2 is 2.13 bits per heavy atom. The van der Waals surface area contributed by atoms with Crippen LogP contribution in [0.2, 0.25) is 0 Å². The Balaban J connectivity index is 2.42. The second-order valence-corrected chi connectivity index (χ2v) is 5.75. The van der Waals surface area contributed by atoms with Crippen LogP contribution < -0.4 is 0 Å². The Morgan fingerprint density at radius 1 is 1.53 bits per heavy atom. The standard InChI is InChI=1S/C12H23NO2/c1-9(12(2,3)4)7-11(15)13-6-5-10(14)8-13/h9-10,14H,5-8H2,1-4H3/t9?,10-/m0/s1. The highest BCUT2D eigenvalue weighted by molar-refractivity contribution is 5.76. The van der Waals surface area contributed by atoms with Crippen LogP contribution in [0, 0.1) is 11.3 Å². The van der Waals surface area contributed by atoms with Crippen molar-refractivity contribution in [3.8, 4) is 0 Å². The van der Waals surface area contributed by atoms with E-state index < -0.39 is 0 Å². The van der Waals surface area contributed by atoms with Gasteiger partial charge in [-0.25, -0.2) is 0 Å². The molecule has 0 aromatic rings. The summed E-state index contributed by atoms with van der Waals surface area (Å²) in [6.45, 7) is 9.83. The van der Waals surface area contributed by atoms with Crippen molar-refractivity contribution in [2.45, 2.75) is 46.6 Å². The number of rotatable bonds is 2. The molecule has 0 saturated carbocycles. The lowest BCUT2D eigenvalue weighted by atomic mass is 9.80. The summed E-state index contributed by atoms with van der Waals surface area (Å²) in [6, 6.07) is 0. The molecule has 15 heavy (non-hydrogen) atoms. The van der Waals surface area contributed by atoms with E-state index in [0.29, 0.717) is 18.9 Å². The fourth-order valence-electron chi connectivity index (χ4n) is 1.67. The molecular weight excluding hydrogens is 190 g/mol. The number of amides is 1. The summed E-state index contributed by atoms with van der Waals surface area (Å²) in [5, 5.41) is 9.35. The molecule has 3 nitrogen and oxygen atoms in total. The van der Waals surface area contributed by atoms with E-state index in [1.54, 1.807) is 4.90 Å². The van der Waals surface area contributed by atoms with Gasteiger partial charge in [0.15, 0.2) is 0 Å². The van der Waals surface area contributed by atoms with Crippen molar-refractivity contribution in [3.63, 3.8) is 0 Å². The molecule has 1 N–H and O–H groups in total. The molecule has 88 valence electrons. The number of carbonyl (C=O) groups is 1. The van der Waals surface area contributed by atoms with Gasteiger partial charge in [-0.2, -0.15) is 0 Å². The summed E-state index contributed by atoms with van der Waals surface area (Å²) in [4.78, 5) is 13.6. The van der Waals surface area contributed by atoms with Crippen LogP contribution in [-0.2, 0) is 4.79 Å². The first-order valence-corrected chi connectivity index (χ1v) is 5.76. The molecule has 1 amide bonds. The SMILES string of the molecule is CC(CC(=O)N1CC[C@H](O)C1)C(C)(C)C. The third-order valence-electron chi connectivity index (χ3n) is 3.48. The van der Waals surface area contributed by atoms with Crippen LogP contribution in [0.5, 0.6) is 0 Å². The van der Waals surface area contributed by atoms with Gasteiger partial charge in [0.1, 0.15) is 0 Å². The van der Waals surface area contributed by atoms with Crippen LogP contribution in [0.15, 0.2) is 0 Å². The predicted octanol–water partition coefficient (Wildman–Crippen LogP) is 1.65. The molecule has 0 aromatic carbocycles. The number of nitrogens with zero attached hydrogens (tertiary/aromatic N) is 1. The van der Waals surface area contributed by atoms with Crippen molar-refractivity contribution < 1.29 is 9.90 Å². The van der Waals surface area contributed by atoms with E-state index in [4.69, 9.17) is 0 Å². The predicted molar refractivity (Wildman–Crippen MR) is 60.4 cm³/mol. The summed E-state index contributed by atoms with van der Waals surface area (Å²) >= 11 is 0. The lowest BCUT2D eigenvalue weighted by molar-refractivity contribution is -0.132. The number of β-amino-alcohol motifs (C(OH)–C–C–N with tert-alkyl or cyclic N) is 1. The van der Waals surface area contributed by atoms with E-state index in [0.717, 1.165) is 13.0 Å². The first kappa shape index (κ1) is 12.5. The molecule has 1 aliphatic rings. The van der Waals surface area contributed by atoms with Gasteiger partial charge >= 0.3 is 0 Å². The van der Waals surface area contributed by atoms with Gasteiger partial charge in [0.25, 0.3) is 0 Å². The van der Waals surface area contributed by atoms with Gasteiger partial charge in [0.05, 0.1) is 6.10 Å². The van der Waals surface area contributed by atoms with E-state index in [-0.39, 0.29) is 17.4 Å². The molecule has 1 rings (SSSR count). The minimum absolute atomic E-state index is 0.175. The van der Waals surface area contributed by atoms with Crippen molar-refractivity contribution >= 4 is 5.91 Å². The first-order chi connectivity index (χ1) is 6.80. The number of carbonyl (C=O) groups excluding carboxylic acids is 1. The first-order valence-electron chi connectivity index (χ1n) is 5.76. The van der Waals surface area contributed by atoms with Crippen molar-refractivity contribution in [3.05, 3.63) is 0 Å². The third kappa shape index (κ3) is 3.49. The molecule has 0 aliphatic carbocycles. The molecule has 3 heteroatoms. The van der Waals surface area contributed by atoms with Gasteiger partial charge in [-0.3, -0.25) is 4.79 Å². The largest absolute Gasteiger partial charge is 0.391 e. The summed E-state index contributed by atoms with van der Waals surface area (Å²) in [6.07, 6.45) is 1.02. The molecule has 1 fully saturated rings. The lowest BCUT2D eigenvalue weighted by Crippen LogP contribution is -2.33. The Labute approximate surface area is 92.5 Å². The zero-order valence-corrected chi connectivity index (χ0v) is 10.3. The van der Waals surface area contributed by atoms with Crippen LogP contribution in [0.3, 0.4) is 0 Å². The maximum atomic E-state index is 11.9. The fraction of sp³-hybridized carbons (Fsp3) is 0.917. The quantitative estimate of drug-likeness (QED) is 0.757. The smallest absolute Gasteiger partial charge is 0.222 e. The summed E-state index contributed by atoms with van der Waals surface area (Å²) in [5.74, 6) is 0.566. The molecule has 1 saturated heterocycles. The van der Waals surface area contributed by atoms with E-state index in [1.165, 1.54) is 0 Å². The van der Waals surface area contributed by atoms with E-state index in [2.05, 4.69) is 27.7 Å². The highest BCUT2D eigenvalue weighted by Crippen LogP contribution is 2.28. The number of hydrogen-bond donors (Lipinski definition) is 1. The molecule has 1 aliphatic heterocycles. The zero-order chi connectivity index (χ0) is 11.6. The van der Waals surface area contributed by atoms with E-state index in [9.17, 15) is 9.90 Å². The van der Waals surface area contributed by atoms with Gasteiger partial charge in [-0.15, -0.1) is 0 Å². The Bertz CT molecular complexity index is 232. The van der Waals surface area contributed by atoms with Gasteiger partial charge in [0, 0.05) is 19.5 Å². The summed E-state index contributed by atoms with van der Waals surface area (Å²) in [7, 11) is 0. The van der Waals surface area contributed by atoms with Crippen LogP contribution in [0.25, 0.3) is 0 Å². The maximum absolute atomic E-state index is 11.9. The van der Waals surface area contributed by atoms with Crippen LogP contribution in [-0.4, -0.2) is 35.1 Å². The molecule has 1 unspecified atom stereocenters. The number of aliphatic hydroxyl groups excluding tert-OH is 1. The van der Waals surface area contributed by atoms with Crippen molar-refractivity contribution in [1.82, 2.24) is 4.90 Å². The topological polar surface area (TPSA) is 40.5 Å². The molecule has 0 aromatic heterocycles. The van der Waals surface area contributed by atoms with Gasteiger partial charge in [-0.1, -0.05) is 27.7 Å². The maximum Gasteiger partial charge on any atom is 0.222 e. The second-order valence-electron chi connectivity index (χ2n) is 5.75. The average Bonchev–Trinajstić information content (AvgIpc) is 2.50. The Kier molecular flexibility index (Phi) is 3.77. The summed E-state index contributed by atoms with van der Waals surface area (Å²) in [5.41, 5.74) is 0.175. The van der Waals surface area contributed by atoms with Crippen molar-refractivity contribution in [2.75, 3.05) is 13.1 Å². The highest BCUT2D eigenvalue weighted by Gasteiger charge is 2.28. The molecule has 0 radical (unpaired) electrons. The average molecular weight is 213 g/mol. The van der Waals surface area contributed by atoms with Crippen LogP contribution in [0.1, 0.15) is 40.5 Å². The second kappa shape index (κ2) is 4.52. The van der Waals surface area contributed by atoms with Gasteiger partial charge in [0.2, 0.25) is 5.91 Å². The minimum Gasteiger partial charge on any atom is -0.391 e. The molecule has 2 atom stereocenters. The molecule has 1 heterocycles. The van der Waals surface area contributed by atoms with Crippen LogP contribution >= 0.6 is 0 Å².